The Kier molecular flexibility index (Phi) is 6.85. The second kappa shape index (κ2) is 7.30. The minimum absolute atomic E-state index is 0.128. The largest absolute Gasteiger partial charge is 0.462 e. The zero-order valence-electron chi connectivity index (χ0n) is 11.5. The van der Waals surface area contributed by atoms with Crippen LogP contribution < -0.4 is 0 Å². The minimum atomic E-state index is -0.268. The fourth-order valence-electron chi connectivity index (χ4n) is 1.01. The fraction of sp³-hybridized carbons (Fsp3) is 0.846. The zero-order valence-corrected chi connectivity index (χ0v) is 11.5. The van der Waals surface area contributed by atoms with Crippen LogP contribution in [0.4, 0.5) is 0 Å². The van der Waals surface area contributed by atoms with Crippen LogP contribution in [0.2, 0.25) is 0 Å². The Morgan fingerprint density at radius 1 is 1.06 bits per heavy atom. The lowest BCUT2D eigenvalue weighted by molar-refractivity contribution is -0.154. The summed E-state index contributed by atoms with van der Waals surface area (Å²) in [5, 5.41) is 0. The molecule has 0 saturated heterocycles. The van der Waals surface area contributed by atoms with Crippen LogP contribution in [0.5, 0.6) is 0 Å². The first-order valence-corrected chi connectivity index (χ1v) is 6.04. The Morgan fingerprint density at radius 3 is 2.06 bits per heavy atom. The van der Waals surface area contributed by atoms with Crippen molar-refractivity contribution in [3.05, 3.63) is 0 Å². The number of esters is 2. The molecule has 0 aliphatic rings. The first kappa shape index (κ1) is 15.9. The van der Waals surface area contributed by atoms with E-state index in [-0.39, 0.29) is 36.5 Å². The zero-order chi connectivity index (χ0) is 13.5. The van der Waals surface area contributed by atoms with Crippen molar-refractivity contribution in [1.82, 2.24) is 0 Å². The van der Waals surface area contributed by atoms with Gasteiger partial charge in [-0.3, -0.25) is 9.59 Å². The minimum Gasteiger partial charge on any atom is -0.462 e. The van der Waals surface area contributed by atoms with Crippen molar-refractivity contribution in [1.29, 1.82) is 0 Å². The van der Waals surface area contributed by atoms with Gasteiger partial charge in [0.15, 0.2) is 0 Å². The van der Waals surface area contributed by atoms with Gasteiger partial charge in [0.05, 0.1) is 5.92 Å². The third kappa shape index (κ3) is 9.85. The number of carbonyl (C=O) groups is 2. The Balaban J connectivity index is 3.56. The van der Waals surface area contributed by atoms with Crippen molar-refractivity contribution in [2.75, 3.05) is 13.2 Å². The molecule has 0 heterocycles. The first-order valence-electron chi connectivity index (χ1n) is 6.04. The normalized spacial score (nSPS) is 11.4. The molecular weight excluding hydrogens is 220 g/mol. The average Bonchev–Trinajstić information content (AvgIpc) is 2.20. The van der Waals surface area contributed by atoms with Crippen molar-refractivity contribution in [2.45, 2.75) is 47.5 Å². The summed E-state index contributed by atoms with van der Waals surface area (Å²) in [5.74, 6) is -0.650. The molecule has 0 aromatic carbocycles. The van der Waals surface area contributed by atoms with E-state index >= 15 is 0 Å². The van der Waals surface area contributed by atoms with E-state index in [0.29, 0.717) is 6.42 Å². The van der Waals surface area contributed by atoms with Crippen molar-refractivity contribution >= 4 is 11.9 Å². The van der Waals surface area contributed by atoms with E-state index in [1.165, 1.54) is 0 Å². The van der Waals surface area contributed by atoms with Gasteiger partial charge in [-0.1, -0.05) is 34.6 Å². The number of hydrogen-bond acceptors (Lipinski definition) is 4. The summed E-state index contributed by atoms with van der Waals surface area (Å²) >= 11 is 0. The highest BCUT2D eigenvalue weighted by Gasteiger charge is 2.14. The molecule has 4 nitrogen and oxygen atoms in total. The van der Waals surface area contributed by atoms with Crippen molar-refractivity contribution in [3.8, 4) is 0 Å². The van der Waals surface area contributed by atoms with E-state index in [2.05, 4.69) is 20.8 Å². The van der Waals surface area contributed by atoms with Gasteiger partial charge >= 0.3 is 11.9 Å². The average molecular weight is 244 g/mol. The third-order valence-electron chi connectivity index (χ3n) is 2.14. The van der Waals surface area contributed by atoms with Crippen LogP contribution in [0.15, 0.2) is 0 Å². The molecule has 100 valence electrons. The highest BCUT2D eigenvalue weighted by Crippen LogP contribution is 2.20. The topological polar surface area (TPSA) is 52.6 Å². The van der Waals surface area contributed by atoms with Gasteiger partial charge in [0.2, 0.25) is 0 Å². The Bertz CT molecular complexity index is 251. The SMILES string of the molecule is CC(C)C(=O)OCCOC(=O)CCC(C)(C)C. The van der Waals surface area contributed by atoms with Crippen LogP contribution in [0.25, 0.3) is 0 Å². The van der Waals surface area contributed by atoms with Gasteiger partial charge in [0.25, 0.3) is 0 Å². The summed E-state index contributed by atoms with van der Waals surface area (Å²) in [4.78, 5) is 22.4. The van der Waals surface area contributed by atoms with Crippen molar-refractivity contribution in [2.24, 2.45) is 11.3 Å². The van der Waals surface area contributed by atoms with E-state index in [4.69, 9.17) is 9.47 Å². The molecule has 0 aliphatic carbocycles. The number of carbonyl (C=O) groups excluding carboxylic acids is 2. The maximum absolute atomic E-state index is 11.3. The highest BCUT2D eigenvalue weighted by atomic mass is 16.6. The first-order chi connectivity index (χ1) is 7.72. The molecule has 4 heteroatoms. The van der Waals surface area contributed by atoms with Crippen LogP contribution in [-0.2, 0) is 19.1 Å². The molecule has 0 amide bonds. The standard InChI is InChI=1S/C13H24O4/c1-10(2)12(15)17-9-8-16-11(14)6-7-13(3,4)5/h10H,6-9H2,1-5H3. The van der Waals surface area contributed by atoms with Gasteiger partial charge in [-0.25, -0.2) is 0 Å². The Hall–Kier alpha value is -1.06. The molecule has 0 N–H and O–H groups in total. The summed E-state index contributed by atoms with van der Waals surface area (Å²) in [7, 11) is 0. The molecule has 0 spiro atoms. The lowest BCUT2D eigenvalue weighted by atomic mass is 9.91. The molecule has 0 saturated carbocycles. The summed E-state index contributed by atoms with van der Waals surface area (Å²) in [6, 6.07) is 0. The lowest BCUT2D eigenvalue weighted by Crippen LogP contribution is -2.17. The van der Waals surface area contributed by atoms with Crippen LogP contribution in [0.1, 0.15) is 47.5 Å². The van der Waals surface area contributed by atoms with Crippen LogP contribution in [-0.4, -0.2) is 25.2 Å². The lowest BCUT2D eigenvalue weighted by Gasteiger charge is -2.16. The number of ether oxygens (including phenoxy) is 2. The molecule has 0 atom stereocenters. The second-order valence-corrected chi connectivity index (χ2v) is 5.60. The maximum atomic E-state index is 11.3. The smallest absolute Gasteiger partial charge is 0.308 e. The number of hydrogen-bond donors (Lipinski definition) is 0. The third-order valence-corrected chi connectivity index (χ3v) is 2.14. The summed E-state index contributed by atoms with van der Waals surface area (Å²) in [6.45, 7) is 10.0. The predicted molar refractivity (Wildman–Crippen MR) is 65.4 cm³/mol. The van der Waals surface area contributed by atoms with Crippen LogP contribution in [0, 0.1) is 11.3 Å². The van der Waals surface area contributed by atoms with E-state index in [0.717, 1.165) is 6.42 Å². The molecule has 0 unspecified atom stereocenters. The van der Waals surface area contributed by atoms with E-state index < -0.39 is 0 Å². The Labute approximate surface area is 104 Å². The molecule has 17 heavy (non-hydrogen) atoms. The second-order valence-electron chi connectivity index (χ2n) is 5.60. The Morgan fingerprint density at radius 2 is 1.59 bits per heavy atom. The molecule has 0 fully saturated rings. The molecule has 0 rings (SSSR count). The van der Waals surface area contributed by atoms with Gasteiger partial charge < -0.3 is 9.47 Å². The monoisotopic (exact) mass is 244 g/mol. The van der Waals surface area contributed by atoms with E-state index in [1.54, 1.807) is 13.8 Å². The van der Waals surface area contributed by atoms with Gasteiger partial charge in [-0.05, 0) is 11.8 Å². The van der Waals surface area contributed by atoms with Crippen LogP contribution in [0.3, 0.4) is 0 Å². The van der Waals surface area contributed by atoms with Gasteiger partial charge in [0.1, 0.15) is 13.2 Å². The fourth-order valence-corrected chi connectivity index (χ4v) is 1.01. The summed E-state index contributed by atoms with van der Waals surface area (Å²) < 4.78 is 9.83. The van der Waals surface area contributed by atoms with Gasteiger partial charge in [-0.2, -0.15) is 0 Å². The molecule has 0 aromatic heterocycles. The molecule has 0 bridgehead atoms. The van der Waals surface area contributed by atoms with Gasteiger partial charge in [-0.15, -0.1) is 0 Å². The number of rotatable bonds is 6. The molecular formula is C13H24O4. The maximum Gasteiger partial charge on any atom is 0.308 e. The predicted octanol–water partition coefficient (Wildman–Crippen LogP) is 2.56. The van der Waals surface area contributed by atoms with Crippen LogP contribution >= 0.6 is 0 Å². The molecule has 0 aliphatic heterocycles. The van der Waals surface area contributed by atoms with Gasteiger partial charge in [0, 0.05) is 6.42 Å². The highest BCUT2D eigenvalue weighted by molar-refractivity contribution is 5.71. The van der Waals surface area contributed by atoms with E-state index in [1.807, 2.05) is 0 Å². The van der Waals surface area contributed by atoms with Crippen molar-refractivity contribution < 1.29 is 19.1 Å². The molecule has 0 radical (unpaired) electrons. The molecule has 0 aromatic rings. The summed E-state index contributed by atoms with van der Waals surface area (Å²) in [6.07, 6.45) is 1.19. The summed E-state index contributed by atoms with van der Waals surface area (Å²) in [5.41, 5.74) is 0.128. The van der Waals surface area contributed by atoms with Crippen molar-refractivity contribution in [3.63, 3.8) is 0 Å². The van der Waals surface area contributed by atoms with E-state index in [9.17, 15) is 9.59 Å². The quantitative estimate of drug-likeness (QED) is 0.532.